The molecule has 1 unspecified atom stereocenters. The van der Waals surface area contributed by atoms with Gasteiger partial charge < -0.3 is 14.8 Å². The molecule has 0 radical (unpaired) electrons. The van der Waals surface area contributed by atoms with Crippen molar-refractivity contribution in [1.82, 2.24) is 5.32 Å². The third-order valence-corrected chi connectivity index (χ3v) is 2.98. The molecule has 3 nitrogen and oxygen atoms in total. The Bertz CT molecular complexity index is 328. The van der Waals surface area contributed by atoms with Gasteiger partial charge in [0.1, 0.15) is 5.75 Å². The van der Waals surface area contributed by atoms with Crippen molar-refractivity contribution in [3.63, 3.8) is 0 Å². The second-order valence-electron chi connectivity index (χ2n) is 4.21. The summed E-state index contributed by atoms with van der Waals surface area (Å²) in [5, 5.41) is 3.56. The molecule has 0 aliphatic carbocycles. The third-order valence-electron chi connectivity index (χ3n) is 2.98. The molecule has 0 aliphatic rings. The average Bonchev–Trinajstić information content (AvgIpc) is 2.43. The number of methoxy groups -OCH3 is 1. The van der Waals surface area contributed by atoms with Crippen LogP contribution in [0.2, 0.25) is 0 Å². The van der Waals surface area contributed by atoms with Gasteiger partial charge in [-0.15, -0.1) is 0 Å². The SMILES string of the molecule is CCOCCCNC(CC)c1ccccc1OC. The smallest absolute Gasteiger partial charge is 0.123 e. The molecule has 0 fully saturated rings. The lowest BCUT2D eigenvalue weighted by molar-refractivity contribution is 0.144. The van der Waals surface area contributed by atoms with E-state index in [9.17, 15) is 0 Å². The number of hydrogen-bond acceptors (Lipinski definition) is 3. The summed E-state index contributed by atoms with van der Waals surface area (Å²) in [5.41, 5.74) is 1.24. The number of benzene rings is 1. The Labute approximate surface area is 110 Å². The standard InChI is InChI=1S/C15H25NO2/c1-4-14(16-11-8-12-18-5-2)13-9-6-7-10-15(13)17-3/h6-7,9-10,14,16H,4-5,8,11-12H2,1-3H3. The predicted octanol–water partition coefficient (Wildman–Crippen LogP) is 3.16. The zero-order chi connectivity index (χ0) is 13.2. The summed E-state index contributed by atoms with van der Waals surface area (Å²) in [6, 6.07) is 8.55. The maximum absolute atomic E-state index is 5.41. The Morgan fingerprint density at radius 1 is 1.22 bits per heavy atom. The summed E-state index contributed by atoms with van der Waals surface area (Å²) in [6.45, 7) is 6.80. The summed E-state index contributed by atoms with van der Waals surface area (Å²) >= 11 is 0. The van der Waals surface area contributed by atoms with Gasteiger partial charge in [0.05, 0.1) is 7.11 Å². The van der Waals surface area contributed by atoms with Crippen LogP contribution in [0.25, 0.3) is 0 Å². The lowest BCUT2D eigenvalue weighted by Crippen LogP contribution is -2.23. The molecule has 1 atom stereocenters. The van der Waals surface area contributed by atoms with Crippen LogP contribution < -0.4 is 10.1 Å². The topological polar surface area (TPSA) is 30.5 Å². The van der Waals surface area contributed by atoms with Crippen LogP contribution in [0, 0.1) is 0 Å². The van der Waals surface area contributed by atoms with Crippen molar-refractivity contribution in [2.24, 2.45) is 0 Å². The van der Waals surface area contributed by atoms with E-state index in [2.05, 4.69) is 24.4 Å². The van der Waals surface area contributed by atoms with Gasteiger partial charge in [-0.2, -0.15) is 0 Å². The Morgan fingerprint density at radius 2 is 2.00 bits per heavy atom. The van der Waals surface area contributed by atoms with Crippen molar-refractivity contribution in [3.05, 3.63) is 29.8 Å². The predicted molar refractivity (Wildman–Crippen MR) is 75.1 cm³/mol. The van der Waals surface area contributed by atoms with Crippen LogP contribution in [0.5, 0.6) is 5.75 Å². The van der Waals surface area contributed by atoms with Crippen LogP contribution in [0.4, 0.5) is 0 Å². The van der Waals surface area contributed by atoms with E-state index in [1.165, 1.54) is 5.56 Å². The number of nitrogens with one attached hydrogen (secondary N) is 1. The molecule has 1 aromatic rings. The van der Waals surface area contributed by atoms with Crippen LogP contribution in [0.15, 0.2) is 24.3 Å². The molecule has 102 valence electrons. The first-order valence-electron chi connectivity index (χ1n) is 6.77. The van der Waals surface area contributed by atoms with Gasteiger partial charge in [0, 0.05) is 24.8 Å². The zero-order valence-electron chi connectivity index (χ0n) is 11.7. The molecule has 1 rings (SSSR count). The Morgan fingerprint density at radius 3 is 2.67 bits per heavy atom. The molecule has 1 aromatic carbocycles. The van der Waals surface area contributed by atoms with Crippen molar-refractivity contribution in [2.45, 2.75) is 32.7 Å². The number of rotatable bonds is 9. The molecule has 0 aliphatic heterocycles. The molecule has 0 saturated heterocycles. The second kappa shape index (κ2) is 8.95. The quantitative estimate of drug-likeness (QED) is 0.684. The van der Waals surface area contributed by atoms with Crippen LogP contribution in [-0.2, 0) is 4.74 Å². The lowest BCUT2D eigenvalue weighted by Gasteiger charge is -2.19. The fourth-order valence-corrected chi connectivity index (χ4v) is 2.02. The molecule has 1 N–H and O–H groups in total. The minimum atomic E-state index is 0.350. The van der Waals surface area contributed by atoms with E-state index in [0.717, 1.165) is 38.3 Å². The highest BCUT2D eigenvalue weighted by molar-refractivity contribution is 5.35. The van der Waals surface area contributed by atoms with Crippen LogP contribution >= 0.6 is 0 Å². The molecule has 0 amide bonds. The maximum Gasteiger partial charge on any atom is 0.123 e. The van der Waals surface area contributed by atoms with Gasteiger partial charge in [-0.3, -0.25) is 0 Å². The summed E-state index contributed by atoms with van der Waals surface area (Å²) < 4.78 is 10.7. The van der Waals surface area contributed by atoms with E-state index >= 15 is 0 Å². The first kappa shape index (κ1) is 15.0. The average molecular weight is 251 g/mol. The second-order valence-corrected chi connectivity index (χ2v) is 4.21. The van der Waals surface area contributed by atoms with E-state index in [-0.39, 0.29) is 0 Å². The molecule has 0 spiro atoms. The first-order valence-corrected chi connectivity index (χ1v) is 6.77. The van der Waals surface area contributed by atoms with Gasteiger partial charge in [0.25, 0.3) is 0 Å². The normalized spacial score (nSPS) is 12.4. The molecule has 0 bridgehead atoms. The van der Waals surface area contributed by atoms with Crippen molar-refractivity contribution in [1.29, 1.82) is 0 Å². The number of ether oxygens (including phenoxy) is 2. The zero-order valence-corrected chi connectivity index (χ0v) is 11.7. The Hall–Kier alpha value is -1.06. The maximum atomic E-state index is 5.41. The highest BCUT2D eigenvalue weighted by atomic mass is 16.5. The minimum Gasteiger partial charge on any atom is -0.496 e. The lowest BCUT2D eigenvalue weighted by atomic mass is 10.0. The van der Waals surface area contributed by atoms with Gasteiger partial charge in [0.15, 0.2) is 0 Å². The van der Waals surface area contributed by atoms with Gasteiger partial charge in [-0.25, -0.2) is 0 Å². The molecular formula is C15H25NO2. The van der Waals surface area contributed by atoms with Gasteiger partial charge in [-0.1, -0.05) is 25.1 Å². The fourth-order valence-electron chi connectivity index (χ4n) is 2.02. The summed E-state index contributed by atoms with van der Waals surface area (Å²) in [6.07, 6.45) is 2.09. The van der Waals surface area contributed by atoms with E-state index in [1.54, 1.807) is 7.11 Å². The van der Waals surface area contributed by atoms with E-state index in [0.29, 0.717) is 6.04 Å². The van der Waals surface area contributed by atoms with Crippen LogP contribution in [0.3, 0.4) is 0 Å². The van der Waals surface area contributed by atoms with Crippen molar-refractivity contribution < 1.29 is 9.47 Å². The van der Waals surface area contributed by atoms with E-state index < -0.39 is 0 Å². The molecule has 3 heteroatoms. The third kappa shape index (κ3) is 4.67. The number of hydrogen-bond donors (Lipinski definition) is 1. The van der Waals surface area contributed by atoms with Crippen molar-refractivity contribution in [2.75, 3.05) is 26.9 Å². The molecule has 0 heterocycles. The molecule has 0 saturated carbocycles. The van der Waals surface area contributed by atoms with Crippen LogP contribution in [-0.4, -0.2) is 26.9 Å². The summed E-state index contributed by atoms with van der Waals surface area (Å²) in [7, 11) is 1.72. The van der Waals surface area contributed by atoms with Crippen LogP contribution in [0.1, 0.15) is 38.3 Å². The molecular weight excluding hydrogens is 226 g/mol. The Balaban J connectivity index is 2.49. The summed E-state index contributed by atoms with van der Waals surface area (Å²) in [5.74, 6) is 0.960. The van der Waals surface area contributed by atoms with Crippen molar-refractivity contribution in [3.8, 4) is 5.75 Å². The van der Waals surface area contributed by atoms with E-state index in [4.69, 9.17) is 9.47 Å². The fraction of sp³-hybridized carbons (Fsp3) is 0.600. The van der Waals surface area contributed by atoms with Gasteiger partial charge in [-0.05, 0) is 32.4 Å². The van der Waals surface area contributed by atoms with Gasteiger partial charge >= 0.3 is 0 Å². The first-order chi connectivity index (χ1) is 8.83. The number of para-hydroxylation sites is 1. The highest BCUT2D eigenvalue weighted by Gasteiger charge is 2.12. The van der Waals surface area contributed by atoms with Gasteiger partial charge in [0.2, 0.25) is 0 Å². The molecule has 0 aromatic heterocycles. The molecule has 18 heavy (non-hydrogen) atoms. The van der Waals surface area contributed by atoms with Crippen molar-refractivity contribution >= 4 is 0 Å². The highest BCUT2D eigenvalue weighted by Crippen LogP contribution is 2.26. The van der Waals surface area contributed by atoms with E-state index in [1.807, 2.05) is 19.1 Å². The summed E-state index contributed by atoms with van der Waals surface area (Å²) in [4.78, 5) is 0. The largest absolute Gasteiger partial charge is 0.496 e. The minimum absolute atomic E-state index is 0.350. The monoisotopic (exact) mass is 251 g/mol. The Kier molecular flexibility index (Phi) is 7.46.